The smallest absolute Gasteiger partial charge is 0.260 e. The molecule has 2 aliphatic rings. The number of aromatic nitrogens is 2. The SMILES string of the molecule is O=C(C1CCOCC1)N1CCCN(S(=O)(=O)c2cnc[nH]2)CC1. The molecule has 3 rings (SSSR count). The number of rotatable bonds is 3. The fraction of sp³-hybridized carbons (Fsp3) is 0.714. The number of ether oxygens (including phenoxy) is 1. The van der Waals surface area contributed by atoms with Crippen LogP contribution in [0.15, 0.2) is 17.6 Å². The van der Waals surface area contributed by atoms with Gasteiger partial charge in [-0.05, 0) is 19.3 Å². The Morgan fingerprint density at radius 1 is 1.22 bits per heavy atom. The maximum Gasteiger partial charge on any atom is 0.260 e. The summed E-state index contributed by atoms with van der Waals surface area (Å²) in [6.07, 6.45) is 4.82. The number of sulfonamides is 1. The van der Waals surface area contributed by atoms with Crippen molar-refractivity contribution < 1.29 is 17.9 Å². The molecule has 1 amide bonds. The summed E-state index contributed by atoms with van der Waals surface area (Å²) in [5.74, 6) is 0.147. The highest BCUT2D eigenvalue weighted by Crippen LogP contribution is 2.20. The monoisotopic (exact) mass is 342 g/mol. The van der Waals surface area contributed by atoms with E-state index in [9.17, 15) is 13.2 Å². The van der Waals surface area contributed by atoms with Gasteiger partial charge in [0.05, 0.1) is 12.5 Å². The fourth-order valence-corrected chi connectivity index (χ4v) is 4.45. The van der Waals surface area contributed by atoms with E-state index in [0.717, 1.165) is 12.8 Å². The second-order valence-corrected chi connectivity index (χ2v) is 7.79. The number of carbonyl (C=O) groups is 1. The average Bonchev–Trinajstić information content (AvgIpc) is 3.00. The molecule has 128 valence electrons. The molecule has 0 bridgehead atoms. The third kappa shape index (κ3) is 3.56. The molecule has 0 saturated carbocycles. The molecule has 9 heteroatoms. The van der Waals surface area contributed by atoms with Gasteiger partial charge in [-0.2, -0.15) is 4.31 Å². The molecule has 2 aliphatic heterocycles. The van der Waals surface area contributed by atoms with Crippen molar-refractivity contribution in [3.63, 3.8) is 0 Å². The van der Waals surface area contributed by atoms with Crippen LogP contribution >= 0.6 is 0 Å². The van der Waals surface area contributed by atoms with Crippen molar-refractivity contribution in [2.75, 3.05) is 39.4 Å². The van der Waals surface area contributed by atoms with E-state index in [0.29, 0.717) is 45.8 Å². The minimum atomic E-state index is -3.56. The fourth-order valence-electron chi connectivity index (χ4n) is 3.08. The van der Waals surface area contributed by atoms with Gasteiger partial charge in [-0.25, -0.2) is 13.4 Å². The van der Waals surface area contributed by atoms with Gasteiger partial charge in [0, 0.05) is 45.3 Å². The van der Waals surface area contributed by atoms with Crippen molar-refractivity contribution in [2.24, 2.45) is 5.92 Å². The molecule has 0 radical (unpaired) electrons. The van der Waals surface area contributed by atoms with Gasteiger partial charge in [-0.15, -0.1) is 0 Å². The van der Waals surface area contributed by atoms with Crippen LogP contribution in [0.1, 0.15) is 19.3 Å². The number of hydrogen-bond donors (Lipinski definition) is 1. The summed E-state index contributed by atoms with van der Waals surface area (Å²) in [7, 11) is -3.56. The number of imidazole rings is 1. The van der Waals surface area contributed by atoms with Gasteiger partial charge < -0.3 is 14.6 Å². The van der Waals surface area contributed by atoms with Crippen LogP contribution in [0.4, 0.5) is 0 Å². The molecular weight excluding hydrogens is 320 g/mol. The summed E-state index contributed by atoms with van der Waals surface area (Å²) in [4.78, 5) is 20.8. The Balaban J connectivity index is 1.64. The second-order valence-electron chi connectivity index (χ2n) is 5.89. The first-order chi connectivity index (χ1) is 11.1. The third-order valence-electron chi connectivity index (χ3n) is 4.43. The number of amides is 1. The molecule has 3 heterocycles. The Bertz CT molecular complexity index is 625. The van der Waals surface area contributed by atoms with E-state index in [1.165, 1.54) is 16.8 Å². The highest BCUT2D eigenvalue weighted by atomic mass is 32.2. The molecule has 0 unspecified atom stereocenters. The maximum atomic E-state index is 12.6. The molecule has 1 aromatic rings. The van der Waals surface area contributed by atoms with Crippen LogP contribution in [-0.2, 0) is 19.6 Å². The molecule has 8 nitrogen and oxygen atoms in total. The van der Waals surface area contributed by atoms with Crippen molar-refractivity contribution in [1.82, 2.24) is 19.2 Å². The van der Waals surface area contributed by atoms with Crippen LogP contribution in [0.2, 0.25) is 0 Å². The molecule has 1 N–H and O–H groups in total. The van der Waals surface area contributed by atoms with Gasteiger partial charge >= 0.3 is 0 Å². The predicted octanol–water partition coefficient (Wildman–Crippen LogP) is 0.0593. The van der Waals surface area contributed by atoms with Gasteiger partial charge in [0.2, 0.25) is 5.91 Å². The lowest BCUT2D eigenvalue weighted by Gasteiger charge is -2.28. The number of nitrogens with one attached hydrogen (secondary N) is 1. The number of hydrogen-bond acceptors (Lipinski definition) is 5. The van der Waals surface area contributed by atoms with Gasteiger partial charge in [0.15, 0.2) is 5.03 Å². The zero-order valence-corrected chi connectivity index (χ0v) is 13.8. The van der Waals surface area contributed by atoms with E-state index in [1.54, 1.807) is 4.90 Å². The Morgan fingerprint density at radius 2 is 2.00 bits per heavy atom. The summed E-state index contributed by atoms with van der Waals surface area (Å²) in [6, 6.07) is 0. The zero-order valence-electron chi connectivity index (χ0n) is 13.0. The Kier molecular flexibility index (Phi) is 4.98. The number of carbonyl (C=O) groups excluding carboxylic acids is 1. The highest BCUT2D eigenvalue weighted by molar-refractivity contribution is 7.89. The van der Waals surface area contributed by atoms with E-state index in [4.69, 9.17) is 4.74 Å². The number of H-pyrrole nitrogens is 1. The van der Waals surface area contributed by atoms with E-state index in [-0.39, 0.29) is 16.9 Å². The Labute approximate surface area is 135 Å². The molecule has 1 aromatic heterocycles. The molecule has 23 heavy (non-hydrogen) atoms. The summed E-state index contributed by atoms with van der Waals surface area (Å²) in [5, 5.41) is 0.0988. The predicted molar refractivity (Wildman–Crippen MR) is 82.1 cm³/mol. The molecular formula is C14H22N4O4S. The van der Waals surface area contributed by atoms with Crippen molar-refractivity contribution in [3.8, 4) is 0 Å². The van der Waals surface area contributed by atoms with Crippen LogP contribution in [0.5, 0.6) is 0 Å². The van der Waals surface area contributed by atoms with Crippen molar-refractivity contribution in [1.29, 1.82) is 0 Å². The minimum absolute atomic E-state index is 0.0134. The molecule has 0 atom stereocenters. The van der Waals surface area contributed by atoms with Crippen molar-refractivity contribution in [3.05, 3.63) is 12.5 Å². The van der Waals surface area contributed by atoms with Crippen LogP contribution in [0, 0.1) is 5.92 Å². The maximum absolute atomic E-state index is 12.6. The van der Waals surface area contributed by atoms with Gasteiger partial charge in [0.1, 0.15) is 0 Å². The second kappa shape index (κ2) is 6.98. The van der Waals surface area contributed by atoms with Crippen LogP contribution in [0.3, 0.4) is 0 Å². The normalized spacial score (nSPS) is 22.0. The summed E-state index contributed by atoms with van der Waals surface area (Å²) >= 11 is 0. The first-order valence-corrected chi connectivity index (χ1v) is 9.38. The molecule has 0 spiro atoms. The lowest BCUT2D eigenvalue weighted by molar-refractivity contribution is -0.138. The Hall–Kier alpha value is -1.45. The first kappa shape index (κ1) is 16.4. The van der Waals surface area contributed by atoms with Gasteiger partial charge in [-0.3, -0.25) is 4.79 Å². The zero-order chi connectivity index (χ0) is 16.3. The first-order valence-electron chi connectivity index (χ1n) is 7.94. The number of nitrogens with zero attached hydrogens (tertiary/aromatic N) is 3. The molecule has 0 aliphatic carbocycles. The summed E-state index contributed by atoms with van der Waals surface area (Å²) < 4.78 is 31.8. The minimum Gasteiger partial charge on any atom is -0.381 e. The van der Waals surface area contributed by atoms with Crippen LogP contribution in [0.25, 0.3) is 0 Å². The summed E-state index contributed by atoms with van der Waals surface area (Å²) in [6.45, 7) is 3.03. The molecule has 0 aromatic carbocycles. The standard InChI is InChI=1S/C14H22N4O4S/c19-14(12-2-8-22-9-3-12)17-4-1-5-18(7-6-17)23(20,21)13-10-15-11-16-13/h10-12H,1-9H2,(H,15,16). The quantitative estimate of drug-likeness (QED) is 0.838. The van der Waals surface area contributed by atoms with E-state index in [1.807, 2.05) is 0 Å². The van der Waals surface area contributed by atoms with E-state index < -0.39 is 10.0 Å². The third-order valence-corrected chi connectivity index (χ3v) is 6.25. The van der Waals surface area contributed by atoms with E-state index >= 15 is 0 Å². The highest BCUT2D eigenvalue weighted by Gasteiger charge is 2.31. The van der Waals surface area contributed by atoms with Crippen LogP contribution < -0.4 is 0 Å². The largest absolute Gasteiger partial charge is 0.381 e. The van der Waals surface area contributed by atoms with Crippen molar-refractivity contribution >= 4 is 15.9 Å². The molecule has 2 fully saturated rings. The van der Waals surface area contributed by atoms with Crippen molar-refractivity contribution in [2.45, 2.75) is 24.3 Å². The average molecular weight is 342 g/mol. The van der Waals surface area contributed by atoms with Crippen LogP contribution in [-0.4, -0.2) is 72.9 Å². The lowest BCUT2D eigenvalue weighted by Crippen LogP contribution is -2.41. The summed E-state index contributed by atoms with van der Waals surface area (Å²) in [5.41, 5.74) is 0. The number of aromatic amines is 1. The van der Waals surface area contributed by atoms with Gasteiger partial charge in [-0.1, -0.05) is 0 Å². The van der Waals surface area contributed by atoms with Gasteiger partial charge in [0.25, 0.3) is 10.0 Å². The Morgan fingerprint density at radius 3 is 2.70 bits per heavy atom. The van der Waals surface area contributed by atoms with E-state index in [2.05, 4.69) is 9.97 Å². The molecule has 2 saturated heterocycles. The lowest BCUT2D eigenvalue weighted by atomic mass is 9.98. The topological polar surface area (TPSA) is 95.6 Å².